The van der Waals surface area contributed by atoms with E-state index in [9.17, 15) is 21.6 Å². The van der Waals surface area contributed by atoms with Crippen LogP contribution in [0, 0.1) is 3.57 Å². The molecule has 0 fully saturated rings. The maximum atomic E-state index is 11.9. The van der Waals surface area contributed by atoms with Crippen LogP contribution in [0.4, 0.5) is 13.2 Å². The molecule has 0 saturated heterocycles. The van der Waals surface area contributed by atoms with Crippen LogP contribution in [-0.4, -0.2) is 13.9 Å². The third-order valence-corrected chi connectivity index (χ3v) is 5.74. The summed E-state index contributed by atoms with van der Waals surface area (Å²) in [4.78, 5) is 2.57. The summed E-state index contributed by atoms with van der Waals surface area (Å²) >= 11 is 3.71. The van der Waals surface area contributed by atoms with Gasteiger partial charge in [0.1, 0.15) is 5.75 Å². The molecule has 0 aliphatic carbocycles. The Morgan fingerprint density at radius 3 is 1.57 bits per heavy atom. The summed E-state index contributed by atoms with van der Waals surface area (Å²) in [6, 6.07) is 26.0. The average molecular weight is 538 g/mol. The molecule has 0 N–H and O–H groups in total. The number of hydrogen-bond acceptors (Lipinski definition) is 4. The molecule has 0 amide bonds. The van der Waals surface area contributed by atoms with Gasteiger partial charge in [0, 0.05) is 13.4 Å². The Labute approximate surface area is 179 Å². The number of benzene rings is 3. The van der Waals surface area contributed by atoms with Gasteiger partial charge >= 0.3 is 15.6 Å². The molecule has 0 spiro atoms. The Morgan fingerprint density at radius 1 is 0.750 bits per heavy atom. The third-order valence-electron chi connectivity index (χ3n) is 3.03. The molecular weight excluding hydrogens is 524 g/mol. The second-order valence-corrected chi connectivity index (χ2v) is 9.10. The first-order chi connectivity index (χ1) is 13.2. The van der Waals surface area contributed by atoms with Crippen molar-refractivity contribution in [3.63, 3.8) is 0 Å². The molecule has 0 aromatic heterocycles. The van der Waals surface area contributed by atoms with Crippen LogP contribution in [0.15, 0.2) is 94.7 Å². The zero-order chi connectivity index (χ0) is 20.6. The molecule has 0 aliphatic rings. The summed E-state index contributed by atoms with van der Waals surface area (Å²) in [7, 11) is -5.57. The number of rotatable bonds is 4. The summed E-state index contributed by atoms with van der Waals surface area (Å²) < 4.78 is 61.4. The number of alkyl halides is 3. The van der Waals surface area contributed by atoms with E-state index in [4.69, 9.17) is 0 Å². The van der Waals surface area contributed by atoms with Crippen LogP contribution < -0.4 is 4.18 Å². The molecule has 28 heavy (non-hydrogen) atoms. The van der Waals surface area contributed by atoms with Gasteiger partial charge in [0.2, 0.25) is 0 Å². The van der Waals surface area contributed by atoms with Gasteiger partial charge in [-0.15, -0.1) is 0 Å². The molecule has 148 valence electrons. The first-order valence-corrected chi connectivity index (χ1v) is 11.0. The largest absolute Gasteiger partial charge is 0.534 e. The lowest BCUT2D eigenvalue weighted by Crippen LogP contribution is -2.28. The molecule has 0 unspecified atom stereocenters. The third kappa shape index (κ3) is 7.36. The highest BCUT2D eigenvalue weighted by atomic mass is 127. The van der Waals surface area contributed by atoms with Crippen molar-refractivity contribution in [3.8, 4) is 5.75 Å². The van der Waals surface area contributed by atoms with Crippen LogP contribution in [-0.2, 0) is 10.1 Å². The highest BCUT2D eigenvalue weighted by molar-refractivity contribution is 14.1. The van der Waals surface area contributed by atoms with Crippen molar-refractivity contribution < 1.29 is 25.8 Å². The smallest absolute Gasteiger partial charge is 0.376 e. The van der Waals surface area contributed by atoms with Crippen LogP contribution in [0.2, 0.25) is 0 Å². The number of hydrogen-bond donors (Lipinski definition) is 0. The highest BCUT2D eigenvalue weighted by Gasteiger charge is 2.48. The second-order valence-electron chi connectivity index (χ2n) is 5.17. The molecule has 0 atom stereocenters. The Bertz CT molecular complexity index is 925. The minimum absolute atomic E-state index is 0.368. The fourth-order valence-electron chi connectivity index (χ4n) is 1.78. The van der Waals surface area contributed by atoms with Gasteiger partial charge in [-0.25, -0.2) is 0 Å². The van der Waals surface area contributed by atoms with Crippen molar-refractivity contribution in [1.29, 1.82) is 0 Å². The van der Waals surface area contributed by atoms with E-state index in [0.717, 1.165) is 15.7 Å². The second kappa shape index (κ2) is 10.2. The van der Waals surface area contributed by atoms with E-state index in [0.29, 0.717) is 0 Å². The minimum Gasteiger partial charge on any atom is -0.376 e. The predicted molar refractivity (Wildman–Crippen MR) is 112 cm³/mol. The minimum atomic E-state index is -5.57. The SMILES string of the molecule is O=S(=O)(Oc1ccc(I)cc1)C(F)(F)F.c1ccc(Sc2ccccc2)cc1. The first kappa shape index (κ1) is 22.6. The molecule has 3 aromatic carbocycles. The Morgan fingerprint density at radius 2 is 1.18 bits per heavy atom. The fourth-order valence-corrected chi connectivity index (χ4v) is 3.45. The lowest BCUT2D eigenvalue weighted by Gasteiger charge is -2.08. The summed E-state index contributed by atoms with van der Waals surface area (Å²) in [5.74, 6) is -0.368. The zero-order valence-electron chi connectivity index (χ0n) is 14.1. The summed E-state index contributed by atoms with van der Waals surface area (Å²) in [6.45, 7) is 0. The van der Waals surface area contributed by atoms with Crippen molar-refractivity contribution in [2.45, 2.75) is 15.3 Å². The van der Waals surface area contributed by atoms with Gasteiger partial charge in [0.15, 0.2) is 0 Å². The molecule has 0 saturated carbocycles. The van der Waals surface area contributed by atoms with E-state index in [1.807, 2.05) is 34.7 Å². The summed E-state index contributed by atoms with van der Waals surface area (Å²) in [5, 5.41) is 0. The fraction of sp³-hybridized carbons (Fsp3) is 0.0526. The highest BCUT2D eigenvalue weighted by Crippen LogP contribution is 2.27. The van der Waals surface area contributed by atoms with Gasteiger partial charge in [0.05, 0.1) is 0 Å². The molecule has 0 bridgehead atoms. The molecule has 9 heteroatoms. The summed E-state index contributed by atoms with van der Waals surface area (Å²) in [5.41, 5.74) is -5.41. The van der Waals surface area contributed by atoms with Crippen molar-refractivity contribution in [2.75, 3.05) is 0 Å². The normalized spacial score (nSPS) is 11.3. The van der Waals surface area contributed by atoms with Crippen LogP contribution in [0.25, 0.3) is 0 Å². The zero-order valence-corrected chi connectivity index (χ0v) is 17.9. The molecular formula is C19H14F3IO3S2. The van der Waals surface area contributed by atoms with Gasteiger partial charge in [0.25, 0.3) is 0 Å². The molecule has 3 nitrogen and oxygen atoms in total. The van der Waals surface area contributed by atoms with Gasteiger partial charge in [-0.05, 0) is 71.1 Å². The average Bonchev–Trinajstić information content (AvgIpc) is 2.65. The van der Waals surface area contributed by atoms with E-state index in [1.165, 1.54) is 21.9 Å². The van der Waals surface area contributed by atoms with E-state index in [1.54, 1.807) is 11.8 Å². The molecule has 3 aromatic rings. The van der Waals surface area contributed by atoms with Gasteiger partial charge < -0.3 is 4.18 Å². The monoisotopic (exact) mass is 538 g/mol. The van der Waals surface area contributed by atoms with E-state index >= 15 is 0 Å². The first-order valence-electron chi connectivity index (χ1n) is 7.72. The van der Waals surface area contributed by atoms with Crippen LogP contribution in [0.5, 0.6) is 5.75 Å². The van der Waals surface area contributed by atoms with Gasteiger partial charge in [-0.1, -0.05) is 48.2 Å². The van der Waals surface area contributed by atoms with E-state index < -0.39 is 15.6 Å². The lowest BCUT2D eigenvalue weighted by atomic mass is 10.3. The van der Waals surface area contributed by atoms with Crippen LogP contribution in [0.1, 0.15) is 0 Å². The van der Waals surface area contributed by atoms with Crippen molar-refractivity contribution in [2.24, 2.45) is 0 Å². The Balaban J connectivity index is 0.000000202. The van der Waals surface area contributed by atoms with Gasteiger partial charge in [-0.2, -0.15) is 21.6 Å². The maximum Gasteiger partial charge on any atom is 0.534 e. The lowest BCUT2D eigenvalue weighted by molar-refractivity contribution is -0.0500. The predicted octanol–water partition coefficient (Wildman–Crippen LogP) is 6.36. The maximum absolute atomic E-state index is 11.9. The topological polar surface area (TPSA) is 43.4 Å². The van der Waals surface area contributed by atoms with Gasteiger partial charge in [-0.3, -0.25) is 0 Å². The van der Waals surface area contributed by atoms with Crippen LogP contribution >= 0.6 is 34.4 Å². The standard InChI is InChI=1S/C12H10S.C7H4F3IO3S/c1-3-7-11(8-4-1)13-12-9-5-2-6-10-12;8-7(9,10)15(12,13)14-6-3-1-5(11)2-4-6/h1-10H;1-4H. The molecule has 0 aliphatic heterocycles. The van der Waals surface area contributed by atoms with Crippen LogP contribution in [0.3, 0.4) is 0 Å². The summed E-state index contributed by atoms with van der Waals surface area (Å²) in [6.07, 6.45) is 0. The Hall–Kier alpha value is -1.72. The van der Waals surface area contributed by atoms with Crippen molar-refractivity contribution in [3.05, 3.63) is 88.5 Å². The molecule has 3 rings (SSSR count). The Kier molecular flexibility index (Phi) is 8.20. The van der Waals surface area contributed by atoms with Crippen molar-refractivity contribution >= 4 is 44.5 Å². The van der Waals surface area contributed by atoms with E-state index in [2.05, 4.69) is 52.7 Å². The molecule has 0 heterocycles. The van der Waals surface area contributed by atoms with E-state index in [-0.39, 0.29) is 5.75 Å². The molecule has 0 radical (unpaired) electrons. The van der Waals surface area contributed by atoms with Crippen molar-refractivity contribution in [1.82, 2.24) is 0 Å². The quantitative estimate of drug-likeness (QED) is 0.221. The number of halogens is 4.